The van der Waals surface area contributed by atoms with Crippen LogP contribution in [0.15, 0.2) is 46.9 Å². The number of aryl methyl sites for hydroxylation is 1. The lowest BCUT2D eigenvalue weighted by Gasteiger charge is -2.15. The van der Waals surface area contributed by atoms with Gasteiger partial charge in [-0.05, 0) is 71.6 Å². The van der Waals surface area contributed by atoms with Gasteiger partial charge in [-0.1, -0.05) is 12.1 Å². The highest BCUT2D eigenvalue weighted by Gasteiger charge is 2.05. The van der Waals surface area contributed by atoms with Crippen LogP contribution in [-0.2, 0) is 6.42 Å². The molecule has 1 atom stereocenters. The maximum Gasteiger partial charge on any atom is 0.139 e. The summed E-state index contributed by atoms with van der Waals surface area (Å²) in [5, 5.41) is 12.5. The Balaban J connectivity index is 1.87. The van der Waals surface area contributed by atoms with Crippen LogP contribution in [-0.4, -0.2) is 11.1 Å². The maximum absolute atomic E-state index is 13.4. The van der Waals surface area contributed by atoms with E-state index in [1.54, 1.807) is 18.2 Å². The van der Waals surface area contributed by atoms with Crippen molar-refractivity contribution in [2.45, 2.75) is 25.8 Å². The SMILES string of the molecule is CC(CCc1ccc(O)cc1)Nc1ccc(Br)c(F)c1. The molecule has 0 spiro atoms. The average molecular weight is 338 g/mol. The maximum atomic E-state index is 13.4. The fraction of sp³-hybridized carbons (Fsp3) is 0.250. The standard InChI is InChI=1S/C16H17BrFNO/c1-11(2-3-12-4-7-14(20)8-5-12)19-13-6-9-15(17)16(18)10-13/h4-11,19-20H,2-3H2,1H3. The van der Waals surface area contributed by atoms with Gasteiger partial charge in [-0.2, -0.15) is 0 Å². The van der Waals surface area contributed by atoms with Crippen molar-refractivity contribution >= 4 is 21.6 Å². The van der Waals surface area contributed by atoms with Crippen LogP contribution in [0.2, 0.25) is 0 Å². The molecule has 2 aromatic rings. The Kier molecular flexibility index (Phi) is 5.01. The van der Waals surface area contributed by atoms with Gasteiger partial charge >= 0.3 is 0 Å². The Morgan fingerprint density at radius 3 is 2.55 bits per heavy atom. The minimum Gasteiger partial charge on any atom is -0.508 e. The van der Waals surface area contributed by atoms with E-state index in [2.05, 4.69) is 28.2 Å². The normalized spacial score (nSPS) is 12.2. The van der Waals surface area contributed by atoms with Gasteiger partial charge in [0.1, 0.15) is 11.6 Å². The molecule has 0 heterocycles. The zero-order valence-corrected chi connectivity index (χ0v) is 12.8. The fourth-order valence-corrected chi connectivity index (χ4v) is 2.24. The second-order valence-corrected chi connectivity index (χ2v) is 5.73. The van der Waals surface area contributed by atoms with Crippen LogP contribution in [0.1, 0.15) is 18.9 Å². The number of aromatic hydroxyl groups is 1. The topological polar surface area (TPSA) is 32.3 Å². The van der Waals surface area contributed by atoms with Gasteiger partial charge in [-0.15, -0.1) is 0 Å². The van der Waals surface area contributed by atoms with Crippen LogP contribution in [0.5, 0.6) is 5.75 Å². The lowest BCUT2D eigenvalue weighted by molar-refractivity contribution is 0.475. The van der Waals surface area contributed by atoms with Crippen LogP contribution >= 0.6 is 15.9 Å². The van der Waals surface area contributed by atoms with Gasteiger partial charge in [0.25, 0.3) is 0 Å². The van der Waals surface area contributed by atoms with Gasteiger partial charge in [-0.3, -0.25) is 0 Å². The van der Waals surface area contributed by atoms with Crippen molar-refractivity contribution in [2.75, 3.05) is 5.32 Å². The smallest absolute Gasteiger partial charge is 0.139 e. The number of halogens is 2. The van der Waals surface area contributed by atoms with Crippen LogP contribution in [0.3, 0.4) is 0 Å². The molecule has 0 amide bonds. The minimum atomic E-state index is -0.263. The van der Waals surface area contributed by atoms with Gasteiger partial charge in [0.2, 0.25) is 0 Å². The third-order valence-corrected chi connectivity index (χ3v) is 3.78. The lowest BCUT2D eigenvalue weighted by Crippen LogP contribution is -2.16. The summed E-state index contributed by atoms with van der Waals surface area (Å²) in [6.07, 6.45) is 1.84. The van der Waals surface area contributed by atoms with E-state index in [1.165, 1.54) is 11.6 Å². The molecule has 2 rings (SSSR count). The highest BCUT2D eigenvalue weighted by Crippen LogP contribution is 2.20. The first-order valence-electron chi connectivity index (χ1n) is 6.54. The third kappa shape index (κ3) is 4.23. The van der Waals surface area contributed by atoms with E-state index in [0.717, 1.165) is 18.5 Å². The second-order valence-electron chi connectivity index (χ2n) is 4.88. The molecule has 0 aliphatic heterocycles. The molecule has 0 aromatic heterocycles. The van der Waals surface area contributed by atoms with Crippen LogP contribution in [0, 0.1) is 5.82 Å². The van der Waals surface area contributed by atoms with Crippen LogP contribution < -0.4 is 5.32 Å². The van der Waals surface area contributed by atoms with Crippen molar-refractivity contribution in [3.05, 3.63) is 58.3 Å². The van der Waals surface area contributed by atoms with E-state index in [1.807, 2.05) is 18.2 Å². The Morgan fingerprint density at radius 1 is 1.20 bits per heavy atom. The van der Waals surface area contributed by atoms with E-state index in [0.29, 0.717) is 4.47 Å². The number of anilines is 1. The average Bonchev–Trinajstić information content (AvgIpc) is 2.42. The summed E-state index contributed by atoms with van der Waals surface area (Å²) in [5.41, 5.74) is 1.96. The third-order valence-electron chi connectivity index (χ3n) is 3.14. The van der Waals surface area contributed by atoms with Crippen molar-refractivity contribution in [3.8, 4) is 5.75 Å². The summed E-state index contributed by atoms with van der Waals surface area (Å²) < 4.78 is 13.9. The molecular weight excluding hydrogens is 321 g/mol. The van der Waals surface area contributed by atoms with Crippen molar-refractivity contribution in [1.29, 1.82) is 0 Å². The molecule has 0 bridgehead atoms. The number of hydrogen-bond donors (Lipinski definition) is 2. The summed E-state index contributed by atoms with van der Waals surface area (Å²) in [6.45, 7) is 2.07. The van der Waals surface area contributed by atoms with Gasteiger partial charge in [-0.25, -0.2) is 4.39 Å². The van der Waals surface area contributed by atoms with Crippen molar-refractivity contribution in [1.82, 2.24) is 0 Å². The summed E-state index contributed by atoms with van der Waals surface area (Å²) in [6, 6.07) is 12.5. The van der Waals surface area contributed by atoms with E-state index >= 15 is 0 Å². The molecule has 0 saturated heterocycles. The highest BCUT2D eigenvalue weighted by atomic mass is 79.9. The molecule has 2 nitrogen and oxygen atoms in total. The summed E-state index contributed by atoms with van der Waals surface area (Å²) in [5.74, 6) is 0.0194. The number of phenolic OH excluding ortho intramolecular Hbond substituents is 1. The van der Waals surface area contributed by atoms with Gasteiger partial charge in [0, 0.05) is 11.7 Å². The number of hydrogen-bond acceptors (Lipinski definition) is 2. The molecule has 1 unspecified atom stereocenters. The zero-order valence-electron chi connectivity index (χ0n) is 11.2. The Bertz CT molecular complexity index is 571. The molecule has 0 aliphatic carbocycles. The highest BCUT2D eigenvalue weighted by molar-refractivity contribution is 9.10. The number of nitrogens with one attached hydrogen (secondary N) is 1. The molecule has 2 aromatic carbocycles. The van der Waals surface area contributed by atoms with Gasteiger partial charge < -0.3 is 10.4 Å². The van der Waals surface area contributed by atoms with E-state index < -0.39 is 0 Å². The van der Waals surface area contributed by atoms with E-state index in [4.69, 9.17) is 0 Å². The molecule has 4 heteroatoms. The molecule has 0 saturated carbocycles. The molecular formula is C16H17BrFNO. The fourth-order valence-electron chi connectivity index (χ4n) is 1.99. The minimum absolute atomic E-state index is 0.240. The van der Waals surface area contributed by atoms with Crippen LogP contribution in [0.4, 0.5) is 10.1 Å². The molecule has 0 radical (unpaired) electrons. The van der Waals surface area contributed by atoms with Gasteiger partial charge in [0.05, 0.1) is 4.47 Å². The van der Waals surface area contributed by atoms with Crippen molar-refractivity contribution in [2.24, 2.45) is 0 Å². The van der Waals surface area contributed by atoms with Crippen LogP contribution in [0.25, 0.3) is 0 Å². The first kappa shape index (κ1) is 14.9. The second kappa shape index (κ2) is 6.75. The summed E-state index contributed by atoms with van der Waals surface area (Å²) >= 11 is 3.14. The Morgan fingerprint density at radius 2 is 1.90 bits per heavy atom. The number of rotatable bonds is 5. The van der Waals surface area contributed by atoms with E-state index in [9.17, 15) is 9.50 Å². The predicted octanol–water partition coefficient (Wildman–Crippen LogP) is 4.73. The molecule has 106 valence electrons. The van der Waals surface area contributed by atoms with Crippen molar-refractivity contribution in [3.63, 3.8) is 0 Å². The largest absolute Gasteiger partial charge is 0.508 e. The van der Waals surface area contributed by atoms with Gasteiger partial charge in [0.15, 0.2) is 0 Å². The predicted molar refractivity (Wildman–Crippen MR) is 83.6 cm³/mol. The first-order valence-corrected chi connectivity index (χ1v) is 7.33. The zero-order chi connectivity index (χ0) is 14.5. The molecule has 0 aliphatic rings. The Labute approximate surface area is 126 Å². The summed E-state index contributed by atoms with van der Waals surface area (Å²) in [4.78, 5) is 0. The monoisotopic (exact) mass is 337 g/mol. The molecule has 20 heavy (non-hydrogen) atoms. The van der Waals surface area contributed by atoms with E-state index in [-0.39, 0.29) is 17.6 Å². The quantitative estimate of drug-likeness (QED) is 0.826. The number of phenols is 1. The number of benzene rings is 2. The molecule has 2 N–H and O–H groups in total. The lowest BCUT2D eigenvalue weighted by atomic mass is 10.1. The summed E-state index contributed by atoms with van der Waals surface area (Å²) in [7, 11) is 0. The first-order chi connectivity index (χ1) is 9.54. The Hall–Kier alpha value is -1.55. The van der Waals surface area contributed by atoms with Crippen molar-refractivity contribution < 1.29 is 9.50 Å². The molecule has 0 fully saturated rings.